The van der Waals surface area contributed by atoms with Gasteiger partial charge < -0.3 is 15.4 Å². The summed E-state index contributed by atoms with van der Waals surface area (Å²) < 4.78 is 4.78. The molecule has 0 bridgehead atoms. The van der Waals surface area contributed by atoms with Crippen molar-refractivity contribution < 1.29 is 14.3 Å². The number of carbonyl (C=O) groups excluding carboxylic acids is 2. The third-order valence-electron chi connectivity index (χ3n) is 4.99. The minimum absolute atomic E-state index is 0.290. The van der Waals surface area contributed by atoms with Crippen LogP contribution in [0.2, 0.25) is 0 Å². The summed E-state index contributed by atoms with van der Waals surface area (Å²) in [5, 5.41) is 6.42. The van der Waals surface area contributed by atoms with Gasteiger partial charge in [0.05, 0.1) is 6.61 Å². The second-order valence-corrected chi connectivity index (χ2v) is 7.25. The maximum absolute atomic E-state index is 12.0. The predicted molar refractivity (Wildman–Crippen MR) is 108 cm³/mol. The van der Waals surface area contributed by atoms with E-state index < -0.39 is 5.97 Å². The number of ether oxygens (including phenoxy) is 1. The number of hydrogen-bond acceptors (Lipinski definition) is 4. The molecule has 0 unspecified atom stereocenters. The van der Waals surface area contributed by atoms with Gasteiger partial charge in [-0.2, -0.15) is 0 Å². The summed E-state index contributed by atoms with van der Waals surface area (Å²) in [6.07, 6.45) is 10.4. The van der Waals surface area contributed by atoms with Crippen molar-refractivity contribution in [3.63, 3.8) is 0 Å². The zero-order valence-electron chi connectivity index (χ0n) is 16.5. The van der Waals surface area contributed by atoms with E-state index in [9.17, 15) is 9.59 Å². The van der Waals surface area contributed by atoms with Gasteiger partial charge in [-0.3, -0.25) is 4.79 Å². The number of nitrogens with one attached hydrogen (secondary N) is 2. The molecule has 2 rings (SSSR count). The number of amides is 1. The second kappa shape index (κ2) is 11.5. The SMILES string of the molecule is CCOC(=O)C=CC(=O)Nc1ccccc1CN[C@@H](C)CC1CCCCC1. The van der Waals surface area contributed by atoms with Crippen molar-refractivity contribution in [2.24, 2.45) is 5.92 Å². The summed E-state index contributed by atoms with van der Waals surface area (Å²) >= 11 is 0. The van der Waals surface area contributed by atoms with Crippen LogP contribution in [0.5, 0.6) is 0 Å². The van der Waals surface area contributed by atoms with Gasteiger partial charge in [-0.1, -0.05) is 50.3 Å². The van der Waals surface area contributed by atoms with Gasteiger partial charge in [0.1, 0.15) is 0 Å². The number of benzene rings is 1. The molecule has 1 aliphatic carbocycles. The van der Waals surface area contributed by atoms with Gasteiger partial charge in [0.15, 0.2) is 0 Å². The van der Waals surface area contributed by atoms with Crippen LogP contribution in [0.4, 0.5) is 5.69 Å². The van der Waals surface area contributed by atoms with Crippen molar-refractivity contribution in [2.45, 2.75) is 65.0 Å². The summed E-state index contributed by atoms with van der Waals surface area (Å²) in [5.74, 6) is -0.0193. The van der Waals surface area contributed by atoms with E-state index in [0.29, 0.717) is 19.2 Å². The van der Waals surface area contributed by atoms with Crippen molar-refractivity contribution >= 4 is 17.6 Å². The summed E-state index contributed by atoms with van der Waals surface area (Å²) in [6.45, 7) is 4.95. The third kappa shape index (κ3) is 7.95. The largest absolute Gasteiger partial charge is 0.463 e. The highest BCUT2D eigenvalue weighted by Gasteiger charge is 2.16. The van der Waals surface area contributed by atoms with Gasteiger partial charge in [-0.25, -0.2) is 4.79 Å². The van der Waals surface area contributed by atoms with E-state index in [0.717, 1.165) is 23.2 Å². The fourth-order valence-electron chi connectivity index (χ4n) is 3.60. The quantitative estimate of drug-likeness (QED) is 0.504. The molecule has 1 aromatic rings. The van der Waals surface area contributed by atoms with E-state index in [2.05, 4.69) is 17.6 Å². The van der Waals surface area contributed by atoms with Crippen LogP contribution in [0.25, 0.3) is 0 Å². The average molecular weight is 373 g/mol. The topological polar surface area (TPSA) is 67.4 Å². The molecule has 0 radical (unpaired) electrons. The molecule has 1 fully saturated rings. The molecule has 0 heterocycles. The van der Waals surface area contributed by atoms with Crippen LogP contribution >= 0.6 is 0 Å². The first-order valence-corrected chi connectivity index (χ1v) is 10.1. The number of para-hydroxylation sites is 1. The zero-order valence-corrected chi connectivity index (χ0v) is 16.5. The molecule has 5 heteroatoms. The van der Waals surface area contributed by atoms with Crippen LogP contribution in [-0.4, -0.2) is 24.5 Å². The molecular formula is C22H32N2O3. The molecule has 148 valence electrons. The highest BCUT2D eigenvalue weighted by molar-refractivity contribution is 6.02. The minimum Gasteiger partial charge on any atom is -0.463 e. The first kappa shape index (κ1) is 21.2. The van der Waals surface area contributed by atoms with Crippen LogP contribution in [0.1, 0.15) is 57.9 Å². The Kier molecular flexibility index (Phi) is 9.05. The molecule has 5 nitrogen and oxygen atoms in total. The molecule has 0 spiro atoms. The number of esters is 1. The Labute approximate surface area is 162 Å². The highest BCUT2D eigenvalue weighted by atomic mass is 16.5. The Hall–Kier alpha value is -2.14. The lowest BCUT2D eigenvalue weighted by atomic mass is 9.85. The smallest absolute Gasteiger partial charge is 0.330 e. The van der Waals surface area contributed by atoms with E-state index in [1.165, 1.54) is 44.6 Å². The maximum Gasteiger partial charge on any atom is 0.330 e. The Morgan fingerprint density at radius 3 is 2.67 bits per heavy atom. The van der Waals surface area contributed by atoms with E-state index >= 15 is 0 Å². The van der Waals surface area contributed by atoms with E-state index in [1.54, 1.807) is 6.92 Å². The Bertz CT molecular complexity index is 636. The predicted octanol–water partition coefficient (Wildman–Crippen LogP) is 4.19. The molecule has 27 heavy (non-hydrogen) atoms. The third-order valence-corrected chi connectivity index (χ3v) is 4.99. The Balaban J connectivity index is 1.85. The molecule has 1 amide bonds. The molecule has 0 saturated heterocycles. The standard InChI is InChI=1S/C22H32N2O3/c1-3-27-22(26)14-13-21(25)24-20-12-8-7-11-19(20)16-23-17(2)15-18-9-5-4-6-10-18/h7-8,11-14,17-18,23H,3-6,9-10,15-16H2,1-2H3,(H,24,25)/t17-/m0/s1. The van der Waals surface area contributed by atoms with Crippen molar-refractivity contribution in [3.05, 3.63) is 42.0 Å². The van der Waals surface area contributed by atoms with Gasteiger partial charge in [0, 0.05) is 30.4 Å². The molecule has 0 aliphatic heterocycles. The number of anilines is 1. The number of rotatable bonds is 9. The molecular weight excluding hydrogens is 340 g/mol. The van der Waals surface area contributed by atoms with E-state index in [-0.39, 0.29) is 5.91 Å². The molecule has 2 N–H and O–H groups in total. The lowest BCUT2D eigenvalue weighted by Crippen LogP contribution is -2.29. The summed E-state index contributed by atoms with van der Waals surface area (Å²) in [7, 11) is 0. The lowest BCUT2D eigenvalue weighted by Gasteiger charge is -2.25. The average Bonchev–Trinajstić information content (AvgIpc) is 2.67. The fraction of sp³-hybridized carbons (Fsp3) is 0.545. The zero-order chi connectivity index (χ0) is 19.5. The van der Waals surface area contributed by atoms with Crippen LogP contribution in [0.3, 0.4) is 0 Å². The number of hydrogen-bond donors (Lipinski definition) is 2. The van der Waals surface area contributed by atoms with Gasteiger partial charge in [-0.05, 0) is 37.8 Å². The molecule has 0 aromatic heterocycles. The number of carbonyl (C=O) groups is 2. The first-order valence-electron chi connectivity index (χ1n) is 10.1. The molecule has 1 aliphatic rings. The normalized spacial score (nSPS) is 16.2. The first-order chi connectivity index (χ1) is 13.1. The van der Waals surface area contributed by atoms with Gasteiger partial charge in [0.25, 0.3) is 0 Å². The molecule has 1 saturated carbocycles. The maximum atomic E-state index is 12.0. The van der Waals surface area contributed by atoms with E-state index in [1.807, 2.05) is 24.3 Å². The lowest BCUT2D eigenvalue weighted by molar-refractivity contribution is -0.137. The Morgan fingerprint density at radius 2 is 1.93 bits per heavy atom. The fourth-order valence-corrected chi connectivity index (χ4v) is 3.60. The van der Waals surface area contributed by atoms with Crippen LogP contribution < -0.4 is 10.6 Å². The van der Waals surface area contributed by atoms with Crippen molar-refractivity contribution in [3.8, 4) is 0 Å². The van der Waals surface area contributed by atoms with Crippen molar-refractivity contribution in [1.82, 2.24) is 5.32 Å². The summed E-state index contributed by atoms with van der Waals surface area (Å²) in [6, 6.07) is 8.18. The van der Waals surface area contributed by atoms with Crippen LogP contribution in [0, 0.1) is 5.92 Å². The Morgan fingerprint density at radius 1 is 1.19 bits per heavy atom. The monoisotopic (exact) mass is 372 g/mol. The summed E-state index contributed by atoms with van der Waals surface area (Å²) in [5.41, 5.74) is 1.79. The van der Waals surface area contributed by atoms with E-state index in [4.69, 9.17) is 4.74 Å². The van der Waals surface area contributed by atoms with Crippen LogP contribution in [-0.2, 0) is 20.9 Å². The van der Waals surface area contributed by atoms with Crippen LogP contribution in [0.15, 0.2) is 36.4 Å². The minimum atomic E-state index is -0.515. The van der Waals surface area contributed by atoms with Crippen molar-refractivity contribution in [1.29, 1.82) is 0 Å². The van der Waals surface area contributed by atoms with Gasteiger partial charge in [-0.15, -0.1) is 0 Å². The second-order valence-electron chi connectivity index (χ2n) is 7.25. The molecule has 1 atom stereocenters. The van der Waals surface area contributed by atoms with Gasteiger partial charge in [0.2, 0.25) is 5.91 Å². The van der Waals surface area contributed by atoms with Crippen molar-refractivity contribution in [2.75, 3.05) is 11.9 Å². The van der Waals surface area contributed by atoms with Gasteiger partial charge >= 0.3 is 5.97 Å². The summed E-state index contributed by atoms with van der Waals surface area (Å²) in [4.78, 5) is 23.4. The highest BCUT2D eigenvalue weighted by Crippen LogP contribution is 2.27. The molecule has 1 aromatic carbocycles.